The standard InChI is InChI=1S/C21H24N4O5S/c1-14-2-4-15(5-3-14)12-23-18(26)16-6-7-17-20(28)24(10-11-25(17)19(16)27)13-21(8-9-21)31(22,29)30/h2-7H,8-13H2,1H3,(H,23,26)(H2,22,29,30). The molecule has 2 aliphatic rings. The molecule has 3 N–H and O–H groups in total. The van der Waals surface area contributed by atoms with Crippen molar-refractivity contribution in [1.29, 1.82) is 0 Å². The minimum absolute atomic E-state index is 0.0116. The predicted octanol–water partition coefficient (Wildman–Crippen LogP) is 0.364. The molecular weight excluding hydrogens is 420 g/mol. The summed E-state index contributed by atoms with van der Waals surface area (Å²) in [5, 5.41) is 8.05. The molecule has 1 saturated carbocycles. The maximum absolute atomic E-state index is 12.9. The van der Waals surface area contributed by atoms with E-state index >= 15 is 0 Å². The number of hydrogen-bond donors (Lipinski definition) is 2. The van der Waals surface area contributed by atoms with Gasteiger partial charge in [0.15, 0.2) is 0 Å². The topological polar surface area (TPSA) is 132 Å². The molecule has 1 aromatic carbocycles. The number of hydrogen-bond acceptors (Lipinski definition) is 5. The van der Waals surface area contributed by atoms with E-state index in [9.17, 15) is 22.8 Å². The van der Waals surface area contributed by atoms with Crippen LogP contribution in [-0.4, -0.2) is 47.5 Å². The lowest BCUT2D eigenvalue weighted by Crippen LogP contribution is -2.50. The molecule has 164 valence electrons. The molecule has 10 heteroatoms. The Morgan fingerprint density at radius 1 is 1.10 bits per heavy atom. The van der Waals surface area contributed by atoms with Gasteiger partial charge in [-0.15, -0.1) is 0 Å². The van der Waals surface area contributed by atoms with E-state index in [0.717, 1.165) is 11.1 Å². The summed E-state index contributed by atoms with van der Waals surface area (Å²) in [6.07, 6.45) is 0.838. The molecule has 31 heavy (non-hydrogen) atoms. The summed E-state index contributed by atoms with van der Waals surface area (Å²) in [5.41, 5.74) is 1.57. The van der Waals surface area contributed by atoms with Crippen molar-refractivity contribution in [3.05, 3.63) is 69.1 Å². The minimum Gasteiger partial charge on any atom is -0.348 e. The number of carbonyl (C=O) groups is 2. The van der Waals surface area contributed by atoms with Crippen LogP contribution in [-0.2, 0) is 23.1 Å². The quantitative estimate of drug-likeness (QED) is 0.664. The first kappa shape index (κ1) is 21.3. The number of nitrogens with zero attached hydrogens (tertiary/aromatic N) is 2. The smallest absolute Gasteiger partial charge is 0.270 e. The average Bonchev–Trinajstić information content (AvgIpc) is 3.51. The summed E-state index contributed by atoms with van der Waals surface area (Å²) in [6.45, 7) is 2.62. The lowest BCUT2D eigenvalue weighted by atomic mass is 10.1. The lowest BCUT2D eigenvalue weighted by molar-refractivity contribution is 0.0695. The van der Waals surface area contributed by atoms with Gasteiger partial charge in [0.25, 0.3) is 17.4 Å². The number of benzene rings is 1. The Labute approximate surface area is 179 Å². The number of pyridine rings is 1. The molecular formula is C21H24N4O5S. The van der Waals surface area contributed by atoms with E-state index in [1.54, 1.807) is 0 Å². The Morgan fingerprint density at radius 2 is 1.77 bits per heavy atom. The van der Waals surface area contributed by atoms with Crippen molar-refractivity contribution in [2.45, 2.75) is 37.6 Å². The molecule has 1 aliphatic carbocycles. The van der Waals surface area contributed by atoms with Crippen LogP contribution in [0.25, 0.3) is 0 Å². The van der Waals surface area contributed by atoms with E-state index in [-0.39, 0.29) is 37.4 Å². The van der Waals surface area contributed by atoms with E-state index in [1.165, 1.54) is 21.6 Å². The van der Waals surface area contributed by atoms with Gasteiger partial charge >= 0.3 is 0 Å². The molecule has 0 atom stereocenters. The maximum atomic E-state index is 12.9. The predicted molar refractivity (Wildman–Crippen MR) is 114 cm³/mol. The number of sulfonamides is 1. The zero-order chi connectivity index (χ0) is 22.4. The number of aromatic nitrogens is 1. The highest BCUT2D eigenvalue weighted by molar-refractivity contribution is 7.90. The number of amides is 2. The third-order valence-electron chi connectivity index (χ3n) is 5.98. The molecule has 4 rings (SSSR count). The summed E-state index contributed by atoms with van der Waals surface area (Å²) < 4.78 is 23.9. The average molecular weight is 445 g/mol. The summed E-state index contributed by atoms with van der Waals surface area (Å²) in [6, 6.07) is 10.5. The first-order valence-corrected chi connectivity index (χ1v) is 11.6. The van der Waals surface area contributed by atoms with Crippen LogP contribution < -0.4 is 16.0 Å². The fourth-order valence-corrected chi connectivity index (χ4v) is 4.81. The second-order valence-electron chi connectivity index (χ2n) is 8.21. The van der Waals surface area contributed by atoms with E-state index in [1.807, 2.05) is 31.2 Å². The van der Waals surface area contributed by atoms with Gasteiger partial charge < -0.3 is 14.8 Å². The molecule has 1 aliphatic heterocycles. The van der Waals surface area contributed by atoms with Crippen LogP contribution in [0.1, 0.15) is 44.8 Å². The molecule has 9 nitrogen and oxygen atoms in total. The maximum Gasteiger partial charge on any atom is 0.270 e. The van der Waals surface area contributed by atoms with Crippen LogP contribution in [0.5, 0.6) is 0 Å². The van der Waals surface area contributed by atoms with Crippen molar-refractivity contribution in [2.24, 2.45) is 5.14 Å². The van der Waals surface area contributed by atoms with Crippen LogP contribution in [0, 0.1) is 6.92 Å². The molecule has 0 spiro atoms. The van der Waals surface area contributed by atoms with E-state index in [0.29, 0.717) is 12.8 Å². The Hall–Kier alpha value is -2.98. The van der Waals surface area contributed by atoms with Gasteiger partial charge in [-0.2, -0.15) is 0 Å². The molecule has 0 radical (unpaired) electrons. The van der Waals surface area contributed by atoms with Gasteiger partial charge in [-0.25, -0.2) is 13.6 Å². The first-order valence-electron chi connectivity index (χ1n) is 10.0. The Bertz CT molecular complexity index is 1210. The van der Waals surface area contributed by atoms with Gasteiger partial charge in [-0.1, -0.05) is 29.8 Å². The molecule has 0 saturated heterocycles. The van der Waals surface area contributed by atoms with Crippen LogP contribution in [0.15, 0.2) is 41.2 Å². The fraction of sp³-hybridized carbons (Fsp3) is 0.381. The van der Waals surface area contributed by atoms with E-state index in [4.69, 9.17) is 5.14 Å². The van der Waals surface area contributed by atoms with Gasteiger partial charge in [0, 0.05) is 26.2 Å². The molecule has 2 heterocycles. The molecule has 1 aromatic heterocycles. The van der Waals surface area contributed by atoms with Crippen molar-refractivity contribution in [3.63, 3.8) is 0 Å². The number of rotatable bonds is 6. The normalized spacial score (nSPS) is 17.2. The highest BCUT2D eigenvalue weighted by Gasteiger charge is 2.54. The molecule has 1 fully saturated rings. The van der Waals surface area contributed by atoms with Gasteiger partial charge in [0.2, 0.25) is 10.0 Å². The Balaban J connectivity index is 1.50. The molecule has 0 unspecified atom stereocenters. The highest BCUT2D eigenvalue weighted by Crippen LogP contribution is 2.43. The van der Waals surface area contributed by atoms with Crippen molar-refractivity contribution in [3.8, 4) is 0 Å². The second-order valence-corrected chi connectivity index (χ2v) is 10.2. The molecule has 0 bridgehead atoms. The van der Waals surface area contributed by atoms with Crippen LogP contribution in [0.3, 0.4) is 0 Å². The van der Waals surface area contributed by atoms with Crippen molar-refractivity contribution in [1.82, 2.24) is 14.8 Å². The largest absolute Gasteiger partial charge is 0.348 e. The number of primary sulfonamides is 1. The summed E-state index contributed by atoms with van der Waals surface area (Å²) in [4.78, 5) is 39.6. The summed E-state index contributed by atoms with van der Waals surface area (Å²) in [7, 11) is -3.76. The Kier molecular flexibility index (Phi) is 5.22. The van der Waals surface area contributed by atoms with E-state index in [2.05, 4.69) is 5.32 Å². The van der Waals surface area contributed by atoms with Crippen molar-refractivity contribution >= 4 is 21.8 Å². The molecule has 2 aromatic rings. The summed E-state index contributed by atoms with van der Waals surface area (Å²) >= 11 is 0. The van der Waals surface area contributed by atoms with Crippen molar-refractivity contribution < 1.29 is 18.0 Å². The monoisotopic (exact) mass is 444 g/mol. The third kappa shape index (κ3) is 4.00. The number of nitrogens with one attached hydrogen (secondary N) is 1. The first-order chi connectivity index (χ1) is 14.6. The zero-order valence-corrected chi connectivity index (χ0v) is 17.9. The second kappa shape index (κ2) is 7.61. The lowest BCUT2D eigenvalue weighted by Gasteiger charge is -2.32. The van der Waals surface area contributed by atoms with Gasteiger partial charge in [-0.3, -0.25) is 14.4 Å². The third-order valence-corrected chi connectivity index (χ3v) is 7.73. The number of nitrogens with two attached hydrogens (primary N) is 1. The van der Waals surface area contributed by atoms with Crippen LogP contribution in [0.4, 0.5) is 0 Å². The zero-order valence-electron chi connectivity index (χ0n) is 17.1. The minimum atomic E-state index is -3.76. The van der Waals surface area contributed by atoms with Crippen molar-refractivity contribution in [2.75, 3.05) is 13.1 Å². The fourth-order valence-electron chi connectivity index (χ4n) is 3.80. The molecule has 2 amide bonds. The summed E-state index contributed by atoms with van der Waals surface area (Å²) in [5.74, 6) is -0.952. The van der Waals surface area contributed by atoms with Gasteiger partial charge in [0.1, 0.15) is 16.0 Å². The SMILES string of the molecule is Cc1ccc(CNC(=O)c2ccc3n(c2=O)CCN(CC2(S(N)(=O)=O)CC2)C3=O)cc1. The Morgan fingerprint density at radius 3 is 2.39 bits per heavy atom. The van der Waals surface area contributed by atoms with Gasteiger partial charge in [0.05, 0.1) is 0 Å². The van der Waals surface area contributed by atoms with Crippen LogP contribution in [0.2, 0.25) is 0 Å². The number of fused-ring (bicyclic) bond motifs is 1. The van der Waals surface area contributed by atoms with Gasteiger partial charge in [-0.05, 0) is 37.5 Å². The number of aryl methyl sites for hydroxylation is 1. The highest BCUT2D eigenvalue weighted by atomic mass is 32.2. The number of carbonyl (C=O) groups excluding carboxylic acids is 2. The van der Waals surface area contributed by atoms with E-state index < -0.39 is 32.1 Å². The van der Waals surface area contributed by atoms with Crippen LogP contribution >= 0.6 is 0 Å².